The van der Waals surface area contributed by atoms with Crippen LogP contribution in [-0.4, -0.2) is 29.8 Å². The van der Waals surface area contributed by atoms with Crippen LogP contribution >= 0.6 is 0 Å². The topological polar surface area (TPSA) is 49.4 Å². The number of carbonyl (C=O) groups excluding carboxylic acids is 2. The van der Waals surface area contributed by atoms with E-state index < -0.39 is 23.2 Å². The maximum atomic E-state index is 13.6. The van der Waals surface area contributed by atoms with Crippen molar-refractivity contribution in [2.45, 2.75) is 25.7 Å². The van der Waals surface area contributed by atoms with Gasteiger partial charge in [0.25, 0.3) is 11.8 Å². The second-order valence-corrected chi connectivity index (χ2v) is 6.33. The minimum atomic E-state index is -0.841. The molecule has 0 aliphatic carbocycles. The molecule has 2 aromatic carbocycles. The van der Waals surface area contributed by atoms with Gasteiger partial charge in [0.15, 0.2) is 0 Å². The van der Waals surface area contributed by atoms with Gasteiger partial charge in [-0.15, -0.1) is 0 Å². The normalized spacial score (nSPS) is 14.6. The lowest BCUT2D eigenvalue weighted by Crippen LogP contribution is -2.31. The molecular weight excluding hydrogens is 338 g/mol. The molecule has 1 fully saturated rings. The number of nitrogens with one attached hydrogen (secondary N) is 1. The van der Waals surface area contributed by atoms with Gasteiger partial charge in [0, 0.05) is 24.2 Å². The molecule has 1 N–H and O–H groups in total. The van der Waals surface area contributed by atoms with E-state index in [1.807, 2.05) is 4.90 Å². The van der Waals surface area contributed by atoms with Gasteiger partial charge in [-0.25, -0.2) is 8.78 Å². The molecule has 26 heavy (non-hydrogen) atoms. The van der Waals surface area contributed by atoms with Gasteiger partial charge in [0.2, 0.25) is 0 Å². The molecular formula is C20H20F2N2O2. The third kappa shape index (κ3) is 4.07. The summed E-state index contributed by atoms with van der Waals surface area (Å²) in [5.41, 5.74) is 0.239. The van der Waals surface area contributed by atoms with E-state index in [0.717, 1.165) is 50.9 Å². The fourth-order valence-corrected chi connectivity index (χ4v) is 3.02. The van der Waals surface area contributed by atoms with Gasteiger partial charge in [0.1, 0.15) is 17.3 Å². The number of hydrogen-bond donors (Lipinski definition) is 1. The quantitative estimate of drug-likeness (QED) is 0.892. The first-order chi connectivity index (χ1) is 12.6. The Hall–Kier alpha value is -2.76. The van der Waals surface area contributed by atoms with E-state index in [2.05, 4.69) is 5.32 Å². The van der Waals surface area contributed by atoms with Crippen molar-refractivity contribution in [3.8, 4) is 0 Å². The van der Waals surface area contributed by atoms with Crippen LogP contribution in [0.25, 0.3) is 0 Å². The van der Waals surface area contributed by atoms with Crippen molar-refractivity contribution in [2.75, 3.05) is 18.4 Å². The summed E-state index contributed by atoms with van der Waals surface area (Å²) in [6.45, 7) is 1.49. The van der Waals surface area contributed by atoms with Crippen LogP contribution in [0, 0.1) is 11.6 Å². The van der Waals surface area contributed by atoms with Crippen molar-refractivity contribution in [2.24, 2.45) is 0 Å². The van der Waals surface area contributed by atoms with Crippen LogP contribution in [0.1, 0.15) is 46.4 Å². The van der Waals surface area contributed by atoms with Crippen molar-refractivity contribution in [1.29, 1.82) is 0 Å². The lowest BCUT2D eigenvalue weighted by atomic mass is 10.1. The second kappa shape index (κ2) is 8.08. The maximum absolute atomic E-state index is 13.6. The van der Waals surface area contributed by atoms with Crippen molar-refractivity contribution < 1.29 is 18.4 Å². The Kier molecular flexibility index (Phi) is 5.61. The summed E-state index contributed by atoms with van der Waals surface area (Å²) in [6, 6.07) is 9.48. The highest BCUT2D eigenvalue weighted by Crippen LogP contribution is 2.19. The van der Waals surface area contributed by atoms with Crippen LogP contribution in [0.5, 0.6) is 0 Å². The first-order valence-electron chi connectivity index (χ1n) is 8.71. The van der Waals surface area contributed by atoms with Crippen LogP contribution < -0.4 is 5.32 Å². The molecule has 1 aliphatic heterocycles. The van der Waals surface area contributed by atoms with Crippen molar-refractivity contribution in [3.05, 3.63) is 65.2 Å². The van der Waals surface area contributed by atoms with Crippen molar-refractivity contribution in [3.63, 3.8) is 0 Å². The van der Waals surface area contributed by atoms with Gasteiger partial charge in [0.05, 0.1) is 0 Å². The largest absolute Gasteiger partial charge is 0.339 e. The van der Waals surface area contributed by atoms with Gasteiger partial charge in [-0.05, 0) is 49.2 Å². The van der Waals surface area contributed by atoms with E-state index in [1.54, 1.807) is 12.1 Å². The van der Waals surface area contributed by atoms with Gasteiger partial charge in [-0.1, -0.05) is 18.9 Å². The monoisotopic (exact) mass is 358 g/mol. The summed E-state index contributed by atoms with van der Waals surface area (Å²) in [5.74, 6) is -2.38. The maximum Gasteiger partial charge on any atom is 0.255 e. The predicted molar refractivity (Wildman–Crippen MR) is 95.1 cm³/mol. The second-order valence-electron chi connectivity index (χ2n) is 6.33. The Morgan fingerprint density at radius 3 is 1.92 bits per heavy atom. The summed E-state index contributed by atoms with van der Waals surface area (Å²) < 4.78 is 27.3. The van der Waals surface area contributed by atoms with E-state index >= 15 is 0 Å². The third-order valence-electron chi connectivity index (χ3n) is 4.49. The zero-order valence-corrected chi connectivity index (χ0v) is 14.3. The molecule has 4 nitrogen and oxygen atoms in total. The Bertz CT molecular complexity index is 778. The van der Waals surface area contributed by atoms with Crippen LogP contribution in [-0.2, 0) is 0 Å². The molecule has 0 spiro atoms. The van der Waals surface area contributed by atoms with Crippen LogP contribution in [0.15, 0.2) is 42.5 Å². The van der Waals surface area contributed by atoms with E-state index in [4.69, 9.17) is 0 Å². The molecule has 3 rings (SSSR count). The standard InChI is InChI=1S/C20H20F2N2O2/c21-16-6-5-7-17(22)18(16)23-19(25)14-8-10-15(11-9-14)20(26)24-12-3-1-2-4-13-24/h5-11H,1-4,12-13H2,(H,23,25). The number of likely N-dealkylation sites (tertiary alicyclic amines) is 1. The summed E-state index contributed by atoms with van der Waals surface area (Å²) in [4.78, 5) is 26.6. The van der Waals surface area contributed by atoms with Crippen LogP contribution in [0.2, 0.25) is 0 Å². The number of para-hydroxylation sites is 1. The Morgan fingerprint density at radius 1 is 0.808 bits per heavy atom. The summed E-state index contributed by atoms with van der Waals surface area (Å²) in [5, 5.41) is 2.23. The highest BCUT2D eigenvalue weighted by molar-refractivity contribution is 6.05. The Morgan fingerprint density at radius 2 is 1.35 bits per heavy atom. The minimum absolute atomic E-state index is 0.0565. The number of hydrogen-bond acceptors (Lipinski definition) is 2. The summed E-state index contributed by atoms with van der Waals surface area (Å²) in [7, 11) is 0. The lowest BCUT2D eigenvalue weighted by molar-refractivity contribution is 0.0761. The van der Waals surface area contributed by atoms with E-state index in [1.165, 1.54) is 18.2 Å². The molecule has 1 saturated heterocycles. The first kappa shape index (κ1) is 18.0. The molecule has 2 amide bonds. The van der Waals surface area contributed by atoms with Crippen molar-refractivity contribution in [1.82, 2.24) is 4.90 Å². The smallest absolute Gasteiger partial charge is 0.255 e. The zero-order valence-electron chi connectivity index (χ0n) is 14.3. The molecule has 6 heteroatoms. The van der Waals surface area contributed by atoms with Crippen LogP contribution in [0.3, 0.4) is 0 Å². The number of rotatable bonds is 3. The van der Waals surface area contributed by atoms with Crippen molar-refractivity contribution >= 4 is 17.5 Å². The molecule has 0 saturated carbocycles. The molecule has 0 bridgehead atoms. The van der Waals surface area contributed by atoms with Gasteiger partial charge >= 0.3 is 0 Å². The molecule has 1 heterocycles. The van der Waals surface area contributed by atoms with Gasteiger partial charge < -0.3 is 10.2 Å². The number of nitrogens with zero attached hydrogens (tertiary/aromatic N) is 1. The molecule has 0 atom stereocenters. The molecule has 0 unspecified atom stereocenters. The summed E-state index contributed by atoms with van der Waals surface area (Å²) in [6.07, 6.45) is 4.27. The van der Waals surface area contributed by atoms with E-state index in [9.17, 15) is 18.4 Å². The fraction of sp³-hybridized carbons (Fsp3) is 0.300. The number of anilines is 1. The zero-order chi connectivity index (χ0) is 18.5. The average Bonchev–Trinajstić information content (AvgIpc) is 2.94. The molecule has 1 aliphatic rings. The first-order valence-corrected chi connectivity index (χ1v) is 8.71. The minimum Gasteiger partial charge on any atom is -0.339 e. The average molecular weight is 358 g/mol. The summed E-state index contributed by atoms with van der Waals surface area (Å²) >= 11 is 0. The Balaban J connectivity index is 1.70. The van der Waals surface area contributed by atoms with E-state index in [0.29, 0.717) is 5.56 Å². The number of amides is 2. The third-order valence-corrected chi connectivity index (χ3v) is 4.49. The number of carbonyl (C=O) groups is 2. The van der Waals surface area contributed by atoms with Gasteiger partial charge in [-0.3, -0.25) is 9.59 Å². The lowest BCUT2D eigenvalue weighted by Gasteiger charge is -2.20. The number of benzene rings is 2. The number of halogens is 2. The Labute approximate surface area is 150 Å². The SMILES string of the molecule is O=C(Nc1c(F)cccc1F)c1ccc(C(=O)N2CCCCCC2)cc1. The van der Waals surface area contributed by atoms with Gasteiger partial charge in [-0.2, -0.15) is 0 Å². The highest BCUT2D eigenvalue weighted by atomic mass is 19.1. The highest BCUT2D eigenvalue weighted by Gasteiger charge is 2.18. The fourth-order valence-electron chi connectivity index (χ4n) is 3.02. The van der Waals surface area contributed by atoms with E-state index in [-0.39, 0.29) is 11.5 Å². The predicted octanol–water partition coefficient (Wildman–Crippen LogP) is 4.23. The molecule has 136 valence electrons. The molecule has 2 aromatic rings. The molecule has 0 radical (unpaired) electrons. The molecule has 0 aromatic heterocycles. The van der Waals surface area contributed by atoms with Crippen LogP contribution in [0.4, 0.5) is 14.5 Å².